The second-order valence-electron chi connectivity index (χ2n) is 1.54. The second kappa shape index (κ2) is 2.03. The van der Waals surface area contributed by atoms with Gasteiger partial charge in [-0.3, -0.25) is 0 Å². The van der Waals surface area contributed by atoms with Gasteiger partial charge in [-0.2, -0.15) is 0 Å². The van der Waals surface area contributed by atoms with E-state index in [0.29, 0.717) is 0 Å². The Bertz CT molecular complexity index is 111. The van der Waals surface area contributed by atoms with E-state index in [4.69, 9.17) is 9.47 Å². The summed E-state index contributed by atoms with van der Waals surface area (Å²) in [5.74, 6) is 0.275. The van der Waals surface area contributed by atoms with Gasteiger partial charge in [0.2, 0.25) is 6.29 Å². The third-order valence-electron chi connectivity index (χ3n) is 0.840. The average molecular weight is 118 g/mol. The van der Waals surface area contributed by atoms with Crippen LogP contribution in [-0.4, -0.2) is 13.0 Å². The van der Waals surface area contributed by atoms with Crippen molar-refractivity contribution < 1.29 is 13.9 Å². The van der Waals surface area contributed by atoms with Crippen molar-refractivity contribution >= 4 is 0 Å². The summed E-state index contributed by atoms with van der Waals surface area (Å²) in [6, 6.07) is 0. The van der Waals surface area contributed by atoms with Gasteiger partial charge < -0.3 is 9.47 Å². The fourth-order valence-corrected chi connectivity index (χ4v) is 0.503. The molecule has 1 rings (SSSR count). The Labute approximate surface area is 46.9 Å². The van der Waals surface area contributed by atoms with Crippen molar-refractivity contribution in [3.05, 3.63) is 12.0 Å². The molecular formula is C5H7FO2. The van der Waals surface area contributed by atoms with Crippen LogP contribution in [0.25, 0.3) is 0 Å². The minimum absolute atomic E-state index is 0.275. The molecule has 0 spiro atoms. The SMILES string of the molecule is CC1OC=C(CF)O1. The van der Waals surface area contributed by atoms with Crippen molar-refractivity contribution in [3.8, 4) is 0 Å². The summed E-state index contributed by atoms with van der Waals surface area (Å²) in [6.07, 6.45) is 0.991. The van der Waals surface area contributed by atoms with Crippen molar-refractivity contribution in [2.45, 2.75) is 13.2 Å². The van der Waals surface area contributed by atoms with Gasteiger partial charge in [-0.25, -0.2) is 4.39 Å². The fourth-order valence-electron chi connectivity index (χ4n) is 0.503. The zero-order valence-corrected chi connectivity index (χ0v) is 4.56. The fraction of sp³-hybridized carbons (Fsp3) is 0.600. The van der Waals surface area contributed by atoms with Gasteiger partial charge in [0.25, 0.3) is 0 Å². The van der Waals surface area contributed by atoms with Crippen LogP contribution in [0.2, 0.25) is 0 Å². The lowest BCUT2D eigenvalue weighted by Crippen LogP contribution is -2.00. The van der Waals surface area contributed by atoms with Crippen molar-refractivity contribution in [3.63, 3.8) is 0 Å². The molecule has 1 heterocycles. The van der Waals surface area contributed by atoms with E-state index in [1.165, 1.54) is 6.26 Å². The Balaban J connectivity index is 2.37. The van der Waals surface area contributed by atoms with Crippen LogP contribution in [0.3, 0.4) is 0 Å². The highest BCUT2D eigenvalue weighted by Gasteiger charge is 2.12. The zero-order chi connectivity index (χ0) is 5.98. The highest BCUT2D eigenvalue weighted by molar-refractivity contribution is 4.91. The van der Waals surface area contributed by atoms with Gasteiger partial charge in [-0.05, 0) is 0 Å². The normalized spacial score (nSPS) is 26.2. The standard InChI is InChI=1S/C5H7FO2/c1-4-7-3-5(2-6)8-4/h3-4H,2H2,1H3. The van der Waals surface area contributed by atoms with Crippen LogP contribution in [-0.2, 0) is 9.47 Å². The summed E-state index contributed by atoms with van der Waals surface area (Å²) in [5.41, 5.74) is 0. The van der Waals surface area contributed by atoms with Crippen molar-refractivity contribution in [1.29, 1.82) is 0 Å². The summed E-state index contributed by atoms with van der Waals surface area (Å²) < 4.78 is 21.1. The van der Waals surface area contributed by atoms with Crippen LogP contribution in [0.15, 0.2) is 12.0 Å². The number of rotatable bonds is 1. The minimum atomic E-state index is -0.579. The lowest BCUT2D eigenvalue weighted by molar-refractivity contribution is -0.0181. The molecule has 0 bridgehead atoms. The van der Waals surface area contributed by atoms with Crippen LogP contribution in [0, 0.1) is 0 Å². The first-order valence-electron chi connectivity index (χ1n) is 2.40. The molecule has 0 aliphatic carbocycles. The molecule has 0 aromatic heterocycles. The lowest BCUT2D eigenvalue weighted by Gasteiger charge is -2.01. The smallest absolute Gasteiger partial charge is 0.237 e. The predicted molar refractivity (Wildman–Crippen MR) is 25.7 cm³/mol. The first-order valence-corrected chi connectivity index (χ1v) is 2.40. The van der Waals surface area contributed by atoms with E-state index < -0.39 is 6.67 Å². The molecule has 46 valence electrons. The summed E-state index contributed by atoms with van der Waals surface area (Å²) >= 11 is 0. The quantitative estimate of drug-likeness (QED) is 0.515. The molecule has 1 aliphatic heterocycles. The number of halogens is 1. The summed E-state index contributed by atoms with van der Waals surface area (Å²) in [5, 5.41) is 0. The van der Waals surface area contributed by atoms with Gasteiger partial charge in [-0.15, -0.1) is 0 Å². The monoisotopic (exact) mass is 118 g/mol. The molecule has 0 fully saturated rings. The lowest BCUT2D eigenvalue weighted by atomic mass is 10.6. The highest BCUT2D eigenvalue weighted by atomic mass is 19.1. The Morgan fingerprint density at radius 3 is 2.88 bits per heavy atom. The highest BCUT2D eigenvalue weighted by Crippen LogP contribution is 2.12. The maximum atomic E-state index is 11.6. The molecule has 2 nitrogen and oxygen atoms in total. The summed E-state index contributed by atoms with van der Waals surface area (Å²) in [6.45, 7) is 1.13. The van der Waals surface area contributed by atoms with Gasteiger partial charge in [0.1, 0.15) is 12.9 Å². The van der Waals surface area contributed by atoms with Gasteiger partial charge in [0.15, 0.2) is 5.76 Å². The molecular weight excluding hydrogens is 111 g/mol. The number of ether oxygens (including phenoxy) is 2. The molecule has 8 heavy (non-hydrogen) atoms. The Kier molecular flexibility index (Phi) is 1.37. The van der Waals surface area contributed by atoms with Crippen LogP contribution in [0.5, 0.6) is 0 Å². The van der Waals surface area contributed by atoms with E-state index in [2.05, 4.69) is 0 Å². The van der Waals surface area contributed by atoms with E-state index in [1.54, 1.807) is 6.92 Å². The van der Waals surface area contributed by atoms with E-state index in [0.717, 1.165) is 0 Å². The molecule has 1 atom stereocenters. The predicted octanol–water partition coefficient (Wildman–Crippen LogP) is 1.19. The molecule has 0 aromatic rings. The van der Waals surface area contributed by atoms with Crippen molar-refractivity contribution in [1.82, 2.24) is 0 Å². The van der Waals surface area contributed by atoms with Gasteiger partial charge in [0.05, 0.1) is 0 Å². The third kappa shape index (κ3) is 0.911. The Morgan fingerprint density at radius 2 is 2.62 bits per heavy atom. The van der Waals surface area contributed by atoms with Crippen LogP contribution >= 0.6 is 0 Å². The molecule has 0 amide bonds. The molecule has 3 heteroatoms. The first kappa shape index (κ1) is 5.41. The van der Waals surface area contributed by atoms with E-state index in [9.17, 15) is 4.39 Å². The molecule has 0 saturated heterocycles. The summed E-state index contributed by atoms with van der Waals surface area (Å²) in [4.78, 5) is 0. The molecule has 0 saturated carbocycles. The van der Waals surface area contributed by atoms with E-state index in [1.807, 2.05) is 0 Å². The molecule has 1 aliphatic rings. The topological polar surface area (TPSA) is 18.5 Å². The third-order valence-corrected chi connectivity index (χ3v) is 0.840. The molecule has 0 N–H and O–H groups in total. The number of alkyl halides is 1. The largest absolute Gasteiger partial charge is 0.459 e. The number of allylic oxidation sites excluding steroid dienone is 1. The van der Waals surface area contributed by atoms with Gasteiger partial charge in [-0.1, -0.05) is 0 Å². The van der Waals surface area contributed by atoms with E-state index >= 15 is 0 Å². The van der Waals surface area contributed by atoms with Gasteiger partial charge >= 0.3 is 0 Å². The Hall–Kier alpha value is -0.730. The average Bonchev–Trinajstić information content (AvgIpc) is 2.14. The number of hydrogen-bond acceptors (Lipinski definition) is 2. The number of hydrogen-bond donors (Lipinski definition) is 0. The first-order chi connectivity index (χ1) is 3.83. The van der Waals surface area contributed by atoms with Crippen LogP contribution in [0.1, 0.15) is 6.92 Å². The zero-order valence-electron chi connectivity index (χ0n) is 4.56. The van der Waals surface area contributed by atoms with Crippen LogP contribution < -0.4 is 0 Å². The summed E-state index contributed by atoms with van der Waals surface area (Å²) in [7, 11) is 0. The van der Waals surface area contributed by atoms with Crippen molar-refractivity contribution in [2.75, 3.05) is 6.67 Å². The molecule has 0 aromatic carbocycles. The Morgan fingerprint density at radius 1 is 1.88 bits per heavy atom. The molecule has 0 radical (unpaired) electrons. The maximum absolute atomic E-state index is 11.6. The second-order valence-corrected chi connectivity index (χ2v) is 1.54. The minimum Gasteiger partial charge on any atom is -0.459 e. The van der Waals surface area contributed by atoms with E-state index in [-0.39, 0.29) is 12.0 Å². The maximum Gasteiger partial charge on any atom is 0.237 e. The molecule has 1 unspecified atom stereocenters. The van der Waals surface area contributed by atoms with Crippen molar-refractivity contribution in [2.24, 2.45) is 0 Å². The van der Waals surface area contributed by atoms with Gasteiger partial charge in [0, 0.05) is 6.92 Å². The van der Waals surface area contributed by atoms with Crippen LogP contribution in [0.4, 0.5) is 4.39 Å².